The van der Waals surface area contributed by atoms with Crippen LogP contribution in [0.2, 0.25) is 5.02 Å². The zero-order chi connectivity index (χ0) is 20.1. The first-order chi connectivity index (χ1) is 13.5. The quantitative estimate of drug-likeness (QED) is 0.608. The van der Waals surface area contributed by atoms with Gasteiger partial charge in [0.05, 0.1) is 26.1 Å². The van der Waals surface area contributed by atoms with E-state index in [1.807, 2.05) is 25.1 Å². The highest BCUT2D eigenvalue weighted by Crippen LogP contribution is 2.29. The van der Waals surface area contributed by atoms with Gasteiger partial charge >= 0.3 is 0 Å². The number of nitrogens with zero attached hydrogens (tertiary/aromatic N) is 1. The Morgan fingerprint density at radius 3 is 2.32 bits per heavy atom. The molecule has 1 heterocycles. The summed E-state index contributed by atoms with van der Waals surface area (Å²) in [6, 6.07) is 14.3. The molecule has 0 aliphatic carbocycles. The summed E-state index contributed by atoms with van der Waals surface area (Å²) in [5, 5.41) is 6.72. The van der Waals surface area contributed by atoms with Crippen molar-refractivity contribution < 1.29 is 14.3 Å². The van der Waals surface area contributed by atoms with Crippen molar-refractivity contribution in [3.63, 3.8) is 0 Å². The molecule has 1 aromatic heterocycles. The summed E-state index contributed by atoms with van der Waals surface area (Å²) in [6.07, 6.45) is 1.58. The molecule has 2 aromatic carbocycles. The van der Waals surface area contributed by atoms with Gasteiger partial charge in [0.2, 0.25) is 0 Å². The minimum absolute atomic E-state index is 0.325. The van der Waals surface area contributed by atoms with Crippen LogP contribution in [-0.4, -0.2) is 25.1 Å². The fourth-order valence-electron chi connectivity index (χ4n) is 2.72. The summed E-state index contributed by atoms with van der Waals surface area (Å²) in [6.45, 7) is 1.96. The van der Waals surface area contributed by atoms with Crippen LogP contribution in [0.15, 0.2) is 54.7 Å². The summed E-state index contributed by atoms with van der Waals surface area (Å²) >= 11 is 5.98. The lowest BCUT2D eigenvalue weighted by Gasteiger charge is -2.13. The lowest BCUT2D eigenvalue weighted by molar-refractivity contribution is 0.102. The van der Waals surface area contributed by atoms with Gasteiger partial charge in [0.15, 0.2) is 0 Å². The number of rotatable bonds is 6. The van der Waals surface area contributed by atoms with Crippen LogP contribution in [0.25, 0.3) is 0 Å². The van der Waals surface area contributed by atoms with E-state index in [0.29, 0.717) is 33.6 Å². The number of benzene rings is 2. The molecule has 3 aromatic rings. The molecule has 0 atom stereocenters. The molecule has 0 saturated carbocycles. The van der Waals surface area contributed by atoms with E-state index in [9.17, 15) is 4.79 Å². The van der Waals surface area contributed by atoms with Crippen LogP contribution in [-0.2, 0) is 0 Å². The van der Waals surface area contributed by atoms with Crippen molar-refractivity contribution in [1.29, 1.82) is 0 Å². The summed E-state index contributed by atoms with van der Waals surface area (Å²) in [5.74, 6) is 1.17. The maximum Gasteiger partial charge on any atom is 0.263 e. The van der Waals surface area contributed by atoms with Gasteiger partial charge in [-0.3, -0.25) is 4.79 Å². The van der Waals surface area contributed by atoms with Gasteiger partial charge in [-0.1, -0.05) is 17.7 Å². The normalized spacial score (nSPS) is 10.3. The maximum atomic E-state index is 12.7. The van der Waals surface area contributed by atoms with Crippen molar-refractivity contribution in [3.05, 3.63) is 70.9 Å². The van der Waals surface area contributed by atoms with Crippen LogP contribution in [0.3, 0.4) is 0 Å². The molecule has 0 saturated heterocycles. The molecular weight excluding hydrogens is 378 g/mol. The Balaban J connectivity index is 1.75. The molecule has 6 nitrogen and oxygen atoms in total. The molecule has 1 amide bonds. The number of carbonyl (C=O) groups is 1. The largest absolute Gasteiger partial charge is 0.496 e. The topological polar surface area (TPSA) is 72.5 Å². The van der Waals surface area contributed by atoms with Gasteiger partial charge in [-0.25, -0.2) is 4.98 Å². The molecule has 3 rings (SSSR count). The Labute approximate surface area is 168 Å². The number of nitrogens with one attached hydrogen (secondary N) is 2. The molecule has 2 N–H and O–H groups in total. The fraction of sp³-hybridized carbons (Fsp3) is 0.143. The van der Waals surface area contributed by atoms with E-state index in [0.717, 1.165) is 11.3 Å². The molecule has 0 aliphatic heterocycles. The smallest absolute Gasteiger partial charge is 0.263 e. The first-order valence-electron chi connectivity index (χ1n) is 8.53. The summed E-state index contributed by atoms with van der Waals surface area (Å²) in [7, 11) is 3.01. The summed E-state index contributed by atoms with van der Waals surface area (Å²) in [5.41, 5.74) is 2.80. The second-order valence-electron chi connectivity index (χ2n) is 6.01. The third-order valence-electron chi connectivity index (χ3n) is 4.13. The Morgan fingerprint density at radius 1 is 1.04 bits per heavy atom. The number of aryl methyl sites for hydroxylation is 1. The van der Waals surface area contributed by atoms with Gasteiger partial charge in [-0.2, -0.15) is 0 Å². The van der Waals surface area contributed by atoms with Crippen LogP contribution in [0.1, 0.15) is 15.9 Å². The number of anilines is 3. The van der Waals surface area contributed by atoms with Gasteiger partial charge in [0, 0.05) is 10.7 Å². The van der Waals surface area contributed by atoms with E-state index in [4.69, 9.17) is 21.1 Å². The van der Waals surface area contributed by atoms with Crippen molar-refractivity contribution >= 4 is 34.7 Å². The van der Waals surface area contributed by atoms with Crippen molar-refractivity contribution in [3.8, 4) is 11.5 Å². The van der Waals surface area contributed by atoms with E-state index in [2.05, 4.69) is 15.6 Å². The van der Waals surface area contributed by atoms with Gasteiger partial charge in [0.1, 0.15) is 22.9 Å². The van der Waals surface area contributed by atoms with Gasteiger partial charge in [-0.15, -0.1) is 0 Å². The predicted octanol–water partition coefficient (Wildman–Crippen LogP) is 5.06. The number of pyridine rings is 1. The predicted molar refractivity (Wildman–Crippen MR) is 111 cm³/mol. The van der Waals surface area contributed by atoms with Crippen LogP contribution >= 0.6 is 11.6 Å². The zero-order valence-corrected chi connectivity index (χ0v) is 16.5. The number of hydrogen-bond donors (Lipinski definition) is 2. The molecule has 7 heteroatoms. The molecule has 0 unspecified atom stereocenters. The third kappa shape index (κ3) is 4.35. The monoisotopic (exact) mass is 397 g/mol. The molecule has 0 bridgehead atoms. The maximum absolute atomic E-state index is 12.7. The summed E-state index contributed by atoms with van der Waals surface area (Å²) < 4.78 is 10.6. The van der Waals surface area contributed by atoms with Crippen LogP contribution in [0.4, 0.5) is 17.2 Å². The fourth-order valence-corrected chi connectivity index (χ4v) is 2.94. The molecular formula is C21H20ClN3O3. The highest BCUT2D eigenvalue weighted by Gasteiger charge is 2.18. The molecule has 28 heavy (non-hydrogen) atoms. The Hall–Kier alpha value is -3.25. The van der Waals surface area contributed by atoms with Crippen molar-refractivity contribution in [2.24, 2.45) is 0 Å². The van der Waals surface area contributed by atoms with E-state index in [1.165, 1.54) is 14.2 Å². The van der Waals surface area contributed by atoms with E-state index in [1.54, 1.807) is 36.5 Å². The number of methoxy groups -OCH3 is 2. The van der Waals surface area contributed by atoms with E-state index >= 15 is 0 Å². The Morgan fingerprint density at radius 2 is 1.75 bits per heavy atom. The van der Waals surface area contributed by atoms with Gasteiger partial charge < -0.3 is 20.1 Å². The second-order valence-corrected chi connectivity index (χ2v) is 6.44. The number of hydrogen-bond acceptors (Lipinski definition) is 5. The molecule has 0 fully saturated rings. The van der Waals surface area contributed by atoms with Crippen molar-refractivity contribution in [1.82, 2.24) is 4.98 Å². The number of halogens is 1. The number of ether oxygens (including phenoxy) is 2. The molecule has 0 spiro atoms. The van der Waals surface area contributed by atoms with Gasteiger partial charge in [-0.05, 0) is 55.0 Å². The average Bonchev–Trinajstić information content (AvgIpc) is 2.70. The van der Waals surface area contributed by atoms with Crippen LogP contribution in [0, 0.1) is 6.92 Å². The lowest BCUT2D eigenvalue weighted by Crippen LogP contribution is -2.14. The molecule has 0 radical (unpaired) electrons. The average molecular weight is 398 g/mol. The first kappa shape index (κ1) is 19.5. The third-order valence-corrected chi connectivity index (χ3v) is 4.36. The van der Waals surface area contributed by atoms with E-state index < -0.39 is 0 Å². The zero-order valence-electron chi connectivity index (χ0n) is 15.7. The first-order valence-corrected chi connectivity index (χ1v) is 8.91. The van der Waals surface area contributed by atoms with Crippen molar-refractivity contribution in [2.75, 3.05) is 24.9 Å². The van der Waals surface area contributed by atoms with E-state index in [-0.39, 0.29) is 5.91 Å². The van der Waals surface area contributed by atoms with Gasteiger partial charge in [0.25, 0.3) is 5.91 Å². The summed E-state index contributed by atoms with van der Waals surface area (Å²) in [4.78, 5) is 17.0. The highest BCUT2D eigenvalue weighted by atomic mass is 35.5. The minimum Gasteiger partial charge on any atom is -0.496 e. The SMILES string of the molecule is COc1cccc(OC)c1C(=O)Nc1ccc(Nc2ccc(Cl)cc2C)nc1. The lowest BCUT2D eigenvalue weighted by atomic mass is 10.1. The van der Waals surface area contributed by atoms with Crippen molar-refractivity contribution in [2.45, 2.75) is 6.92 Å². The number of aromatic nitrogens is 1. The highest BCUT2D eigenvalue weighted by molar-refractivity contribution is 6.30. The molecule has 0 aliphatic rings. The number of carbonyl (C=O) groups excluding carboxylic acids is 1. The second kappa shape index (κ2) is 8.63. The standard InChI is InChI=1S/C21H20ClN3O3/c1-13-11-14(22)7-9-16(13)25-19-10-8-15(12-23-19)24-21(26)20-17(27-2)5-4-6-18(20)28-3/h4-12H,1-3H3,(H,23,25)(H,24,26). The Bertz CT molecular complexity index is 968. The van der Waals surface area contributed by atoms with Crippen LogP contribution < -0.4 is 20.1 Å². The minimum atomic E-state index is -0.342. The van der Waals surface area contributed by atoms with Crippen LogP contribution in [0.5, 0.6) is 11.5 Å². The number of amides is 1. The molecule has 144 valence electrons. The Kier molecular flexibility index (Phi) is 6.01.